The van der Waals surface area contributed by atoms with Crippen molar-refractivity contribution in [2.75, 3.05) is 13.7 Å². The maximum Gasteiger partial charge on any atom is 0.0551 e. The van der Waals surface area contributed by atoms with Crippen LogP contribution in [-0.4, -0.2) is 25.8 Å². The fourth-order valence-electron chi connectivity index (χ4n) is 2.21. The molecule has 2 heteroatoms. The van der Waals surface area contributed by atoms with E-state index in [1.807, 2.05) is 7.05 Å². The van der Waals surface area contributed by atoms with Gasteiger partial charge < -0.3 is 10.1 Å². The molecule has 0 aromatic rings. The van der Waals surface area contributed by atoms with Crippen LogP contribution in [0.4, 0.5) is 0 Å². The smallest absolute Gasteiger partial charge is 0.0551 e. The molecule has 0 amide bonds. The van der Waals surface area contributed by atoms with Gasteiger partial charge in [0.15, 0.2) is 0 Å². The molecule has 0 saturated carbocycles. The molecule has 1 rings (SSSR count). The van der Waals surface area contributed by atoms with Gasteiger partial charge in [0.2, 0.25) is 0 Å². The van der Waals surface area contributed by atoms with Gasteiger partial charge >= 0.3 is 0 Å². The van der Waals surface area contributed by atoms with Crippen molar-refractivity contribution in [3.8, 4) is 0 Å². The Labute approximate surface area is 75.7 Å². The van der Waals surface area contributed by atoms with Crippen molar-refractivity contribution in [1.29, 1.82) is 0 Å². The predicted octanol–water partition coefficient (Wildman–Crippen LogP) is 1.66. The van der Waals surface area contributed by atoms with E-state index < -0.39 is 0 Å². The second-order valence-electron chi connectivity index (χ2n) is 4.20. The van der Waals surface area contributed by atoms with E-state index in [-0.39, 0.29) is 0 Å². The van der Waals surface area contributed by atoms with Crippen molar-refractivity contribution >= 4 is 0 Å². The second kappa shape index (κ2) is 4.24. The van der Waals surface area contributed by atoms with E-state index in [9.17, 15) is 0 Å². The van der Waals surface area contributed by atoms with Gasteiger partial charge in [-0.3, -0.25) is 0 Å². The molecular weight excluding hydrogens is 150 g/mol. The molecule has 1 N–H and O–H groups in total. The molecule has 2 nitrogen and oxygen atoms in total. The first-order chi connectivity index (χ1) is 5.65. The Balaban J connectivity index is 2.44. The van der Waals surface area contributed by atoms with E-state index in [1.165, 1.54) is 6.42 Å². The van der Waals surface area contributed by atoms with Crippen molar-refractivity contribution in [2.45, 2.75) is 39.3 Å². The van der Waals surface area contributed by atoms with Gasteiger partial charge in [0.05, 0.1) is 12.7 Å². The lowest BCUT2D eigenvalue weighted by molar-refractivity contribution is 0.115. The molecule has 1 aliphatic rings. The minimum absolute atomic E-state index is 0.463. The first-order valence-corrected chi connectivity index (χ1v) is 4.94. The van der Waals surface area contributed by atoms with E-state index in [4.69, 9.17) is 4.74 Å². The molecule has 1 fully saturated rings. The van der Waals surface area contributed by atoms with Crippen molar-refractivity contribution < 1.29 is 4.74 Å². The molecule has 1 heterocycles. The highest BCUT2D eigenvalue weighted by Crippen LogP contribution is 2.25. The Bertz CT molecular complexity index is 136. The van der Waals surface area contributed by atoms with Crippen LogP contribution in [0.3, 0.4) is 0 Å². The Kier molecular flexibility index (Phi) is 3.53. The van der Waals surface area contributed by atoms with Gasteiger partial charge in [0.25, 0.3) is 0 Å². The molecule has 0 aliphatic carbocycles. The summed E-state index contributed by atoms with van der Waals surface area (Å²) in [5.74, 6) is 1.42. The highest BCUT2D eigenvalue weighted by Gasteiger charge is 2.30. The summed E-state index contributed by atoms with van der Waals surface area (Å²) in [7, 11) is 2.05. The van der Waals surface area contributed by atoms with E-state index in [2.05, 4.69) is 26.1 Å². The highest BCUT2D eigenvalue weighted by atomic mass is 16.5. The van der Waals surface area contributed by atoms with Crippen molar-refractivity contribution in [2.24, 2.45) is 11.8 Å². The number of rotatable bonds is 3. The summed E-state index contributed by atoms with van der Waals surface area (Å²) in [5, 5.41) is 3.38. The highest BCUT2D eigenvalue weighted by molar-refractivity contribution is 4.83. The SMILES string of the molecule is CNC(C(C)C)C1COC(C)C1. The lowest BCUT2D eigenvalue weighted by Crippen LogP contribution is -2.38. The van der Waals surface area contributed by atoms with Crippen LogP contribution in [0.2, 0.25) is 0 Å². The minimum atomic E-state index is 0.463. The summed E-state index contributed by atoms with van der Waals surface area (Å²) in [5.41, 5.74) is 0. The van der Waals surface area contributed by atoms with Gasteiger partial charge in [-0.2, -0.15) is 0 Å². The minimum Gasteiger partial charge on any atom is -0.378 e. The summed E-state index contributed by atoms with van der Waals surface area (Å²) in [6.07, 6.45) is 1.67. The van der Waals surface area contributed by atoms with Crippen LogP contribution in [0.15, 0.2) is 0 Å². The van der Waals surface area contributed by atoms with Gasteiger partial charge in [0, 0.05) is 12.0 Å². The zero-order valence-electron chi connectivity index (χ0n) is 8.63. The fourth-order valence-corrected chi connectivity index (χ4v) is 2.21. The zero-order chi connectivity index (χ0) is 9.14. The predicted molar refractivity (Wildman–Crippen MR) is 51.2 cm³/mol. The van der Waals surface area contributed by atoms with Crippen molar-refractivity contribution in [3.63, 3.8) is 0 Å². The third-order valence-electron chi connectivity index (χ3n) is 2.79. The molecule has 0 aromatic heterocycles. The molecule has 0 radical (unpaired) electrons. The molecule has 0 spiro atoms. The van der Waals surface area contributed by atoms with Crippen LogP contribution < -0.4 is 5.32 Å². The lowest BCUT2D eigenvalue weighted by atomic mass is 9.89. The molecule has 1 aliphatic heterocycles. The molecule has 1 saturated heterocycles. The summed E-state index contributed by atoms with van der Waals surface area (Å²) in [6.45, 7) is 7.63. The zero-order valence-corrected chi connectivity index (χ0v) is 8.63. The molecule has 0 aromatic carbocycles. The number of nitrogens with one attached hydrogen (secondary N) is 1. The third-order valence-corrected chi connectivity index (χ3v) is 2.79. The largest absolute Gasteiger partial charge is 0.378 e. The van der Waals surface area contributed by atoms with E-state index in [0.717, 1.165) is 6.61 Å². The molecule has 12 heavy (non-hydrogen) atoms. The monoisotopic (exact) mass is 171 g/mol. The molecule has 0 bridgehead atoms. The summed E-state index contributed by atoms with van der Waals surface area (Å²) < 4.78 is 5.56. The molecule has 72 valence electrons. The van der Waals surface area contributed by atoms with Crippen molar-refractivity contribution in [1.82, 2.24) is 5.32 Å². The average Bonchev–Trinajstić information content (AvgIpc) is 2.37. The average molecular weight is 171 g/mol. The Hall–Kier alpha value is -0.0800. The number of ether oxygens (including phenoxy) is 1. The number of hydrogen-bond acceptors (Lipinski definition) is 2. The van der Waals surface area contributed by atoms with Crippen molar-refractivity contribution in [3.05, 3.63) is 0 Å². The first-order valence-electron chi connectivity index (χ1n) is 4.94. The maximum atomic E-state index is 5.56. The topological polar surface area (TPSA) is 21.3 Å². The maximum absolute atomic E-state index is 5.56. The van der Waals surface area contributed by atoms with E-state index in [0.29, 0.717) is 24.0 Å². The van der Waals surface area contributed by atoms with Crippen LogP contribution in [0.5, 0.6) is 0 Å². The van der Waals surface area contributed by atoms with Gasteiger partial charge in [-0.05, 0) is 26.3 Å². The second-order valence-corrected chi connectivity index (χ2v) is 4.20. The van der Waals surface area contributed by atoms with Crippen LogP contribution >= 0.6 is 0 Å². The molecule has 3 unspecified atom stereocenters. The fraction of sp³-hybridized carbons (Fsp3) is 1.00. The quantitative estimate of drug-likeness (QED) is 0.697. The van der Waals surface area contributed by atoms with Gasteiger partial charge in [-0.25, -0.2) is 0 Å². The summed E-state index contributed by atoms with van der Waals surface area (Å²) >= 11 is 0. The standard InChI is InChI=1S/C10H21NO/c1-7(2)10(11-4)9-5-8(3)12-6-9/h7-11H,5-6H2,1-4H3. The molecule has 3 atom stereocenters. The first kappa shape index (κ1) is 10.0. The molecular formula is C10H21NO. The Morgan fingerprint density at radius 1 is 1.42 bits per heavy atom. The van der Waals surface area contributed by atoms with Crippen LogP contribution in [0.25, 0.3) is 0 Å². The van der Waals surface area contributed by atoms with E-state index >= 15 is 0 Å². The van der Waals surface area contributed by atoms with Gasteiger partial charge in [-0.15, -0.1) is 0 Å². The summed E-state index contributed by atoms with van der Waals surface area (Å²) in [4.78, 5) is 0. The van der Waals surface area contributed by atoms with Crippen LogP contribution in [0.1, 0.15) is 27.2 Å². The normalized spacial score (nSPS) is 32.8. The Morgan fingerprint density at radius 3 is 2.42 bits per heavy atom. The van der Waals surface area contributed by atoms with Gasteiger partial charge in [0.1, 0.15) is 0 Å². The Morgan fingerprint density at radius 2 is 2.08 bits per heavy atom. The van der Waals surface area contributed by atoms with Crippen LogP contribution in [-0.2, 0) is 4.74 Å². The summed E-state index contributed by atoms with van der Waals surface area (Å²) in [6, 6.07) is 0.620. The number of hydrogen-bond donors (Lipinski definition) is 1. The van der Waals surface area contributed by atoms with Crippen LogP contribution in [0, 0.1) is 11.8 Å². The van der Waals surface area contributed by atoms with E-state index in [1.54, 1.807) is 0 Å². The lowest BCUT2D eigenvalue weighted by Gasteiger charge is -2.25. The van der Waals surface area contributed by atoms with Gasteiger partial charge in [-0.1, -0.05) is 13.8 Å². The third kappa shape index (κ3) is 2.20.